The molecular formula is C21H25BF2N10O8P2S. The third-order valence-electron chi connectivity index (χ3n) is 7.20. The van der Waals surface area contributed by atoms with Gasteiger partial charge >= 0.3 is 8.69 Å². The molecule has 1 unspecified atom stereocenters. The summed E-state index contributed by atoms with van der Waals surface area (Å²) in [7, 11) is -3.70. The number of hydrogen-bond donors (Lipinski definition) is 3. The molecule has 2 fully saturated rings. The minimum atomic E-state index is -4.11. The zero-order chi connectivity index (χ0) is 31.9. The van der Waals surface area contributed by atoms with E-state index >= 15 is 8.78 Å². The van der Waals surface area contributed by atoms with E-state index in [1.165, 1.54) is 34.4 Å². The Morgan fingerprint density at radius 2 is 1.44 bits per heavy atom. The quantitative estimate of drug-likeness (QED) is 0.0814. The molecule has 0 saturated carbocycles. The molecule has 0 spiro atoms. The lowest BCUT2D eigenvalue weighted by molar-refractivity contribution is -0.0538. The van der Waals surface area contributed by atoms with Gasteiger partial charge in [0.2, 0.25) is 0 Å². The first kappa shape index (κ1) is 32.0. The summed E-state index contributed by atoms with van der Waals surface area (Å²) >= 11 is 4.03. The van der Waals surface area contributed by atoms with Crippen LogP contribution in [-0.4, -0.2) is 103 Å². The Morgan fingerprint density at radius 1 is 0.911 bits per heavy atom. The Balaban J connectivity index is 1.18. The molecule has 2 aliphatic heterocycles. The van der Waals surface area contributed by atoms with E-state index in [-0.39, 0.29) is 39.9 Å². The van der Waals surface area contributed by atoms with Gasteiger partial charge in [0.15, 0.2) is 47.7 Å². The largest absolute Gasteiger partial charge is 0.382 e. The molecule has 4 aromatic heterocycles. The fourth-order valence-electron chi connectivity index (χ4n) is 5.19. The number of anilines is 2. The molecule has 24 heteroatoms. The van der Waals surface area contributed by atoms with Gasteiger partial charge in [0.1, 0.15) is 48.1 Å². The van der Waals surface area contributed by atoms with Crippen LogP contribution in [0.2, 0.25) is 0 Å². The van der Waals surface area contributed by atoms with Crippen LogP contribution in [0.3, 0.4) is 0 Å². The maximum Gasteiger partial charge on any atom is 0.327 e. The van der Waals surface area contributed by atoms with Crippen molar-refractivity contribution in [3.63, 3.8) is 0 Å². The number of imidazole rings is 2. The lowest BCUT2D eigenvalue weighted by atomic mass is 10.1. The first-order chi connectivity index (χ1) is 21.6. The number of hydrogen-bond acceptors (Lipinski definition) is 17. The predicted octanol–water partition coefficient (Wildman–Crippen LogP) is 0.940. The van der Waals surface area contributed by atoms with E-state index in [0.717, 1.165) is 7.57 Å². The van der Waals surface area contributed by atoms with Crippen LogP contribution < -0.4 is 11.5 Å². The van der Waals surface area contributed by atoms with Crippen molar-refractivity contribution in [2.75, 3.05) is 30.6 Å². The van der Waals surface area contributed by atoms with Crippen LogP contribution in [0.4, 0.5) is 20.4 Å². The highest BCUT2D eigenvalue weighted by Gasteiger charge is 2.51. The molecule has 2 saturated heterocycles. The maximum absolute atomic E-state index is 16.0. The fourth-order valence-corrected chi connectivity index (χ4v) is 6.74. The number of halogens is 2. The number of alkyl halides is 2. The second-order valence-corrected chi connectivity index (χ2v) is 12.6. The maximum atomic E-state index is 16.0. The average molecular weight is 688 g/mol. The summed E-state index contributed by atoms with van der Waals surface area (Å²) < 4.78 is 92.1. The van der Waals surface area contributed by atoms with Crippen LogP contribution in [0, 0.1) is 0 Å². The molecule has 2 aliphatic rings. The van der Waals surface area contributed by atoms with Gasteiger partial charge in [0.05, 0.1) is 31.8 Å². The second kappa shape index (κ2) is 13.1. The van der Waals surface area contributed by atoms with E-state index in [4.69, 9.17) is 39.2 Å². The van der Waals surface area contributed by atoms with Crippen LogP contribution >= 0.6 is 28.8 Å². The Hall–Kier alpha value is -2.94. The lowest BCUT2D eigenvalue weighted by Crippen LogP contribution is -2.35. The van der Waals surface area contributed by atoms with Crippen molar-refractivity contribution >= 4 is 70.3 Å². The molecule has 6 heterocycles. The van der Waals surface area contributed by atoms with Gasteiger partial charge in [0, 0.05) is 0 Å². The normalized spacial score (nSPS) is 30.0. The van der Waals surface area contributed by atoms with Crippen LogP contribution in [0.1, 0.15) is 12.5 Å². The first-order valence-corrected chi connectivity index (χ1v) is 16.5. The number of fused-ring (bicyclic) bond motifs is 2. The minimum Gasteiger partial charge on any atom is -0.382 e. The lowest BCUT2D eigenvalue weighted by Gasteiger charge is -2.25. The molecule has 18 nitrogen and oxygen atoms in total. The second-order valence-electron chi connectivity index (χ2n) is 9.95. The van der Waals surface area contributed by atoms with E-state index in [2.05, 4.69) is 42.5 Å². The number of nitrogen functional groups attached to an aromatic ring is 2. The summed E-state index contributed by atoms with van der Waals surface area (Å²) in [5, 5.41) is 0. The van der Waals surface area contributed by atoms with Crippen molar-refractivity contribution in [3.8, 4) is 0 Å². The van der Waals surface area contributed by atoms with Gasteiger partial charge in [-0.05, 0) is 0 Å². The highest BCUT2D eigenvalue weighted by Crippen LogP contribution is 2.50. The fraction of sp³-hybridized carbons (Fsp3) is 0.524. The van der Waals surface area contributed by atoms with Gasteiger partial charge in [-0.15, -0.1) is 0 Å². The zero-order valence-corrected chi connectivity index (χ0v) is 25.8. The number of rotatable bonds is 12. The van der Waals surface area contributed by atoms with Crippen LogP contribution in [0.5, 0.6) is 0 Å². The number of thiol groups is 1. The van der Waals surface area contributed by atoms with Gasteiger partial charge in [-0.1, -0.05) is 0 Å². The molecule has 240 valence electrons. The van der Waals surface area contributed by atoms with Crippen molar-refractivity contribution in [1.82, 2.24) is 39.0 Å². The summed E-state index contributed by atoms with van der Waals surface area (Å²) in [6, 6.07) is 0. The standard InChI is InChI=1S/C21H25BF2N10O8P2S/c22-44(36,39-2-9-14(37-7-45)10(23)20(41-9)33-5-31-12-16(25)27-3-29-18(12)33)42-15-8(1-38-43-35)40-21(11(15)24)34-6-32-13-17(26)28-4-30-19(13)34/h3-6,8-11,14-15,20-21,45H,1-2,7,22H2,(H2,25,27,29)(H2,26,28,30)/t8-,9-,10-,11-,14-,15-,20-,21-,44?/m1/s1. The predicted molar refractivity (Wildman–Crippen MR) is 156 cm³/mol. The van der Waals surface area contributed by atoms with Crippen LogP contribution in [0.25, 0.3) is 22.3 Å². The van der Waals surface area contributed by atoms with E-state index < -0.39 is 78.6 Å². The number of aromatic nitrogens is 8. The minimum absolute atomic E-state index is 0.0715. The zero-order valence-electron chi connectivity index (χ0n) is 23.1. The van der Waals surface area contributed by atoms with Gasteiger partial charge in [-0.2, -0.15) is 12.6 Å². The van der Waals surface area contributed by atoms with Crippen molar-refractivity contribution in [1.29, 1.82) is 0 Å². The van der Waals surface area contributed by atoms with Gasteiger partial charge in [-0.25, -0.2) is 43.2 Å². The molecule has 4 aromatic rings. The average Bonchev–Trinajstić information content (AvgIpc) is 3.77. The Morgan fingerprint density at radius 3 is 1.98 bits per heavy atom. The van der Waals surface area contributed by atoms with E-state index in [1.807, 2.05) is 0 Å². The molecule has 6 rings (SSSR count). The smallest absolute Gasteiger partial charge is 0.327 e. The number of nitrogens with zero attached hydrogens (tertiary/aromatic N) is 8. The van der Waals surface area contributed by atoms with E-state index in [0.29, 0.717) is 0 Å². The van der Waals surface area contributed by atoms with Crippen LogP contribution in [0.15, 0.2) is 25.3 Å². The molecular weight excluding hydrogens is 663 g/mol. The van der Waals surface area contributed by atoms with Gasteiger partial charge < -0.3 is 34.7 Å². The Bertz CT molecular complexity index is 1750. The highest BCUT2D eigenvalue weighted by molar-refractivity contribution is 7.80. The van der Waals surface area contributed by atoms with Crippen molar-refractivity contribution < 1.29 is 45.7 Å². The molecule has 0 amide bonds. The van der Waals surface area contributed by atoms with Crippen molar-refractivity contribution in [2.24, 2.45) is 0 Å². The molecule has 0 aromatic carbocycles. The van der Waals surface area contributed by atoms with E-state index in [1.54, 1.807) is 0 Å². The SMILES string of the molecule is BP(=O)(OC[C@H]1O[C@@H](n2cnc3c(N)ncnc32)[C@H](F)[C@@H]1OCS)O[C@H]1[C@@H](F)[C@H](n2cnc3c(N)ncnc32)O[C@@H]1COP=O. The topological polar surface area (TPSA) is 229 Å². The molecule has 4 N–H and O–H groups in total. The summed E-state index contributed by atoms with van der Waals surface area (Å²) in [6.45, 7) is -0.873. The first-order valence-electron chi connectivity index (χ1n) is 13.2. The molecule has 45 heavy (non-hydrogen) atoms. The van der Waals surface area contributed by atoms with Crippen LogP contribution in [-0.2, 0) is 36.9 Å². The Kier molecular flexibility index (Phi) is 9.29. The molecule has 0 bridgehead atoms. The summed E-state index contributed by atoms with van der Waals surface area (Å²) in [6.07, 6.45) is -6.45. The third-order valence-corrected chi connectivity index (χ3v) is 8.85. The monoisotopic (exact) mass is 688 g/mol. The summed E-state index contributed by atoms with van der Waals surface area (Å²) in [5.74, 6) is 0.00493. The van der Waals surface area contributed by atoms with E-state index in [9.17, 15) is 9.13 Å². The Labute approximate surface area is 260 Å². The highest BCUT2D eigenvalue weighted by atomic mass is 32.1. The van der Waals surface area contributed by atoms with Gasteiger partial charge in [0.25, 0.3) is 15.0 Å². The summed E-state index contributed by atoms with van der Waals surface area (Å²) in [5.41, 5.74) is 12.5. The third kappa shape index (κ3) is 6.14. The molecule has 0 radical (unpaired) electrons. The van der Waals surface area contributed by atoms with Crippen molar-refractivity contribution in [3.05, 3.63) is 25.3 Å². The molecule has 9 atom stereocenters. The van der Waals surface area contributed by atoms with Gasteiger partial charge in [-0.3, -0.25) is 18.2 Å². The number of nitrogens with two attached hydrogens (primary N) is 2. The molecule has 0 aliphatic carbocycles. The van der Waals surface area contributed by atoms with Crippen molar-refractivity contribution in [2.45, 2.75) is 49.2 Å². The summed E-state index contributed by atoms with van der Waals surface area (Å²) in [4.78, 5) is 24.2. The number of ether oxygens (including phenoxy) is 3.